The van der Waals surface area contributed by atoms with Gasteiger partial charge in [0.1, 0.15) is 0 Å². The molecule has 3 aromatic carbocycles. The summed E-state index contributed by atoms with van der Waals surface area (Å²) in [5, 5.41) is 10.4. The average molecular weight is 350 g/mol. The van der Waals surface area contributed by atoms with E-state index in [9.17, 15) is 0 Å². The molecular formula is C22H19BN4. The number of benzene rings is 3. The third-order valence-corrected chi connectivity index (χ3v) is 4.08. The SMILES string of the molecule is b1cc(Nc2ccccc2)c(Nc2ccccc2)c(Nc2ccccc2)n1. The Kier molecular flexibility index (Phi) is 5.11. The molecule has 0 aliphatic rings. The second kappa shape index (κ2) is 8.19. The van der Waals surface area contributed by atoms with E-state index in [1.165, 1.54) is 0 Å². The van der Waals surface area contributed by atoms with E-state index in [0.29, 0.717) is 0 Å². The first-order valence-electron chi connectivity index (χ1n) is 8.84. The van der Waals surface area contributed by atoms with Crippen LogP contribution in [0.3, 0.4) is 0 Å². The van der Waals surface area contributed by atoms with E-state index in [1.54, 1.807) is 7.05 Å². The van der Waals surface area contributed by atoms with Crippen molar-refractivity contribution in [3.05, 3.63) is 97.0 Å². The van der Waals surface area contributed by atoms with E-state index in [2.05, 4.69) is 20.8 Å². The zero-order valence-electron chi connectivity index (χ0n) is 14.8. The Morgan fingerprint density at radius 1 is 0.556 bits per heavy atom. The molecule has 4 rings (SSSR count). The maximum absolute atomic E-state index is 4.56. The molecule has 0 bridgehead atoms. The average Bonchev–Trinajstić information content (AvgIpc) is 2.73. The Balaban J connectivity index is 1.72. The van der Waals surface area contributed by atoms with Gasteiger partial charge in [-0.1, -0.05) is 0 Å². The topological polar surface area (TPSA) is 49.0 Å². The zero-order chi connectivity index (χ0) is 18.3. The van der Waals surface area contributed by atoms with Crippen LogP contribution in [0.4, 0.5) is 34.3 Å². The molecule has 1 aromatic heterocycles. The minimum absolute atomic E-state index is 0.756. The first-order valence-corrected chi connectivity index (χ1v) is 8.84. The van der Waals surface area contributed by atoms with Crippen molar-refractivity contribution >= 4 is 41.3 Å². The predicted octanol–water partition coefficient (Wildman–Crippen LogP) is 5.65. The normalized spacial score (nSPS) is 10.1. The molecule has 5 heteroatoms. The molecule has 0 aliphatic heterocycles. The van der Waals surface area contributed by atoms with Gasteiger partial charge in [-0.05, 0) is 0 Å². The van der Waals surface area contributed by atoms with Gasteiger partial charge in [0, 0.05) is 0 Å². The number of nitrogens with one attached hydrogen (secondary N) is 3. The van der Waals surface area contributed by atoms with Crippen molar-refractivity contribution in [3.8, 4) is 0 Å². The molecule has 0 spiro atoms. The molecule has 0 saturated heterocycles. The fourth-order valence-electron chi connectivity index (χ4n) is 2.79. The van der Waals surface area contributed by atoms with Crippen molar-refractivity contribution in [1.29, 1.82) is 0 Å². The zero-order valence-corrected chi connectivity index (χ0v) is 14.8. The second-order valence-electron chi connectivity index (χ2n) is 6.06. The van der Waals surface area contributed by atoms with Crippen LogP contribution in [0, 0.1) is 0 Å². The summed E-state index contributed by atoms with van der Waals surface area (Å²) >= 11 is 0. The van der Waals surface area contributed by atoms with Crippen molar-refractivity contribution in [2.24, 2.45) is 0 Å². The Hall–Kier alpha value is -3.60. The second-order valence-corrected chi connectivity index (χ2v) is 6.06. The Morgan fingerprint density at radius 3 is 1.59 bits per heavy atom. The van der Waals surface area contributed by atoms with Crippen LogP contribution in [0.15, 0.2) is 97.0 Å². The fourth-order valence-corrected chi connectivity index (χ4v) is 2.79. The van der Waals surface area contributed by atoms with Crippen LogP contribution in [-0.2, 0) is 0 Å². The van der Waals surface area contributed by atoms with E-state index in [4.69, 9.17) is 0 Å². The van der Waals surface area contributed by atoms with E-state index in [-0.39, 0.29) is 0 Å². The molecule has 0 aliphatic carbocycles. The van der Waals surface area contributed by atoms with Gasteiger partial charge in [0.2, 0.25) is 0 Å². The van der Waals surface area contributed by atoms with Gasteiger partial charge in [-0.2, -0.15) is 0 Å². The van der Waals surface area contributed by atoms with Gasteiger partial charge >= 0.3 is 159 Å². The van der Waals surface area contributed by atoms with Gasteiger partial charge in [-0.3, -0.25) is 0 Å². The number of aromatic nitrogens is 1. The quantitative estimate of drug-likeness (QED) is 0.421. The summed E-state index contributed by atoms with van der Waals surface area (Å²) in [6.45, 7) is 0. The Morgan fingerprint density at radius 2 is 1.04 bits per heavy atom. The van der Waals surface area contributed by atoms with Crippen LogP contribution in [0.5, 0.6) is 0 Å². The van der Waals surface area contributed by atoms with Crippen LogP contribution < -0.4 is 16.0 Å². The molecule has 1 heterocycles. The molecule has 27 heavy (non-hydrogen) atoms. The maximum atomic E-state index is 4.56. The molecular weight excluding hydrogens is 331 g/mol. The van der Waals surface area contributed by atoms with Gasteiger partial charge in [-0.25, -0.2) is 0 Å². The molecule has 0 amide bonds. The van der Waals surface area contributed by atoms with E-state index in [1.807, 2.05) is 97.0 Å². The van der Waals surface area contributed by atoms with Crippen molar-refractivity contribution in [3.63, 3.8) is 0 Å². The van der Waals surface area contributed by atoms with Gasteiger partial charge in [0.05, 0.1) is 0 Å². The number of nitrogens with zero attached hydrogens (tertiary/aromatic N) is 1. The van der Waals surface area contributed by atoms with Crippen LogP contribution in [0.25, 0.3) is 0 Å². The summed E-state index contributed by atoms with van der Waals surface area (Å²) < 4.78 is 0. The first-order chi connectivity index (χ1) is 13.4. The molecule has 0 unspecified atom stereocenters. The van der Waals surface area contributed by atoms with Crippen LogP contribution in [-0.4, -0.2) is 11.9 Å². The summed E-state index contributed by atoms with van der Waals surface area (Å²) in [6, 6.07) is 30.2. The summed E-state index contributed by atoms with van der Waals surface area (Å²) in [4.78, 5) is 4.56. The van der Waals surface area contributed by atoms with Crippen LogP contribution in [0.1, 0.15) is 0 Å². The van der Waals surface area contributed by atoms with Gasteiger partial charge in [-0.15, -0.1) is 0 Å². The molecule has 4 nitrogen and oxygen atoms in total. The number of anilines is 6. The Labute approximate surface area is 159 Å². The summed E-state index contributed by atoms with van der Waals surface area (Å²) in [7, 11) is 1.80. The van der Waals surface area contributed by atoms with Crippen molar-refractivity contribution in [1.82, 2.24) is 4.89 Å². The van der Waals surface area contributed by atoms with Crippen molar-refractivity contribution in [2.75, 3.05) is 16.0 Å². The molecule has 4 aromatic rings. The number of rotatable bonds is 6. The first kappa shape index (κ1) is 16.9. The van der Waals surface area contributed by atoms with E-state index >= 15 is 0 Å². The van der Waals surface area contributed by atoms with Crippen LogP contribution in [0.2, 0.25) is 0 Å². The van der Waals surface area contributed by atoms with Crippen molar-refractivity contribution < 1.29 is 0 Å². The molecule has 0 radical (unpaired) electrons. The third kappa shape index (κ3) is 4.33. The van der Waals surface area contributed by atoms with Crippen molar-refractivity contribution in [2.45, 2.75) is 0 Å². The number of hydrogen-bond acceptors (Lipinski definition) is 4. The van der Waals surface area contributed by atoms with Crippen LogP contribution >= 0.6 is 0 Å². The monoisotopic (exact) mass is 350 g/mol. The predicted molar refractivity (Wildman–Crippen MR) is 115 cm³/mol. The molecule has 0 fully saturated rings. The number of hydrogen-bond donors (Lipinski definition) is 3. The van der Waals surface area contributed by atoms with Gasteiger partial charge < -0.3 is 0 Å². The fraction of sp³-hybridized carbons (Fsp3) is 0. The number of para-hydroxylation sites is 3. The standard InChI is InChI=1S/C22H19BN4/c1-4-10-17(11-5-1)24-20-16-23-27-22(26-19-14-8-3-9-15-19)21(20)25-18-12-6-2-7-13-18/h1-16,24-25H,(H,26,27). The van der Waals surface area contributed by atoms with Gasteiger partial charge in [0.15, 0.2) is 0 Å². The molecule has 0 saturated carbocycles. The Bertz CT molecular complexity index is 933. The molecule has 130 valence electrons. The van der Waals surface area contributed by atoms with Gasteiger partial charge in [0.25, 0.3) is 0 Å². The third-order valence-electron chi connectivity index (χ3n) is 4.08. The summed E-state index contributed by atoms with van der Waals surface area (Å²) in [5.74, 6) is 2.72. The summed E-state index contributed by atoms with van der Waals surface area (Å²) in [6.07, 6.45) is 0. The minimum atomic E-state index is 0.756. The molecule has 3 N–H and O–H groups in total. The van der Waals surface area contributed by atoms with E-state index < -0.39 is 0 Å². The van der Waals surface area contributed by atoms with E-state index in [0.717, 1.165) is 34.3 Å². The summed E-state index contributed by atoms with van der Waals surface area (Å²) in [5.41, 5.74) is 4.83. The molecule has 0 atom stereocenters.